The van der Waals surface area contributed by atoms with Crippen molar-refractivity contribution in [3.05, 3.63) is 57.3 Å². The average Bonchev–Trinajstić information content (AvgIpc) is 3.07. The number of anilines is 1. The summed E-state index contributed by atoms with van der Waals surface area (Å²) in [5.41, 5.74) is 0.887. The number of benzene rings is 2. The number of carboxylic acids is 1. The molecule has 0 spiro atoms. The lowest BCUT2D eigenvalue weighted by molar-refractivity contribution is 0.0696. The lowest BCUT2D eigenvalue weighted by Crippen LogP contribution is -2.13. The molecule has 0 fully saturated rings. The van der Waals surface area contributed by atoms with Crippen LogP contribution in [0.2, 0.25) is 10.0 Å². The Bertz CT molecular complexity index is 1030. The highest BCUT2D eigenvalue weighted by atomic mass is 35.5. The predicted octanol–water partition coefficient (Wildman–Crippen LogP) is 5.26. The summed E-state index contributed by atoms with van der Waals surface area (Å²) < 4.78 is 11.0. The molecular weight excluding hydrogens is 393 g/mol. The fraction of sp³-hybridized carbons (Fsp3) is 0.158. The van der Waals surface area contributed by atoms with Crippen LogP contribution in [-0.4, -0.2) is 24.1 Å². The van der Waals surface area contributed by atoms with Crippen LogP contribution in [-0.2, 0) is 6.42 Å². The molecule has 2 N–H and O–H groups in total. The van der Waals surface area contributed by atoms with Crippen molar-refractivity contribution in [2.24, 2.45) is 0 Å². The summed E-state index contributed by atoms with van der Waals surface area (Å²) >= 11 is 12.2. The minimum atomic E-state index is -1.17. The lowest BCUT2D eigenvalue weighted by Gasteiger charge is -2.11. The van der Waals surface area contributed by atoms with E-state index in [0.717, 1.165) is 0 Å². The Morgan fingerprint density at radius 2 is 1.85 bits per heavy atom. The molecule has 0 aliphatic carbocycles. The summed E-state index contributed by atoms with van der Waals surface area (Å²) in [6.07, 6.45) is 0.660. The second-order valence-corrected chi connectivity index (χ2v) is 6.51. The van der Waals surface area contributed by atoms with Crippen LogP contribution >= 0.6 is 23.2 Å². The van der Waals surface area contributed by atoms with Crippen LogP contribution in [0.4, 0.5) is 5.69 Å². The lowest BCUT2D eigenvalue weighted by atomic mass is 10.1. The molecule has 8 heteroatoms. The molecule has 27 heavy (non-hydrogen) atoms. The van der Waals surface area contributed by atoms with E-state index in [0.29, 0.717) is 34.5 Å². The minimum absolute atomic E-state index is 0.0273. The van der Waals surface area contributed by atoms with Crippen LogP contribution in [0.3, 0.4) is 0 Å². The van der Waals surface area contributed by atoms with E-state index in [-0.39, 0.29) is 21.3 Å². The van der Waals surface area contributed by atoms with Crippen molar-refractivity contribution < 1.29 is 23.8 Å². The second kappa shape index (κ2) is 7.50. The zero-order chi connectivity index (χ0) is 19.7. The smallest absolute Gasteiger partial charge is 0.335 e. The Balaban J connectivity index is 2.03. The Labute approximate surface area is 164 Å². The van der Waals surface area contributed by atoms with Crippen LogP contribution < -0.4 is 10.1 Å². The van der Waals surface area contributed by atoms with Crippen molar-refractivity contribution in [3.63, 3.8) is 0 Å². The van der Waals surface area contributed by atoms with Gasteiger partial charge in [0.05, 0.1) is 34.0 Å². The predicted molar refractivity (Wildman–Crippen MR) is 104 cm³/mol. The van der Waals surface area contributed by atoms with Crippen molar-refractivity contribution in [2.45, 2.75) is 13.3 Å². The first-order valence-corrected chi connectivity index (χ1v) is 8.74. The molecular formula is C19H15Cl2NO5. The maximum absolute atomic E-state index is 12.8. The van der Waals surface area contributed by atoms with Crippen LogP contribution in [0.25, 0.3) is 11.0 Å². The molecule has 1 heterocycles. The van der Waals surface area contributed by atoms with Crippen LogP contribution in [0.1, 0.15) is 33.4 Å². The largest absolute Gasteiger partial charge is 0.493 e. The third-order valence-electron chi connectivity index (χ3n) is 4.04. The molecule has 0 saturated carbocycles. The topological polar surface area (TPSA) is 88.8 Å². The summed E-state index contributed by atoms with van der Waals surface area (Å²) in [5.74, 6) is -0.398. The van der Waals surface area contributed by atoms with Gasteiger partial charge in [-0.15, -0.1) is 0 Å². The Morgan fingerprint density at radius 3 is 2.41 bits per heavy atom. The molecule has 3 aromatic rings. The summed E-state index contributed by atoms with van der Waals surface area (Å²) in [4.78, 5) is 23.9. The van der Waals surface area contributed by atoms with Crippen molar-refractivity contribution in [1.29, 1.82) is 0 Å². The number of hydrogen-bond donors (Lipinski definition) is 2. The molecule has 6 nitrogen and oxygen atoms in total. The van der Waals surface area contributed by atoms with Crippen LogP contribution in [0, 0.1) is 0 Å². The number of hydrogen-bond acceptors (Lipinski definition) is 4. The van der Waals surface area contributed by atoms with Crippen molar-refractivity contribution in [2.75, 3.05) is 12.4 Å². The average molecular weight is 408 g/mol. The fourth-order valence-electron chi connectivity index (χ4n) is 2.68. The molecule has 2 aromatic carbocycles. The van der Waals surface area contributed by atoms with Gasteiger partial charge in [-0.05, 0) is 30.3 Å². The Hall–Kier alpha value is -2.70. The van der Waals surface area contributed by atoms with Crippen LogP contribution in [0.15, 0.2) is 34.7 Å². The summed E-state index contributed by atoms with van der Waals surface area (Å²) in [5, 5.41) is 12.3. The van der Waals surface area contributed by atoms with E-state index in [9.17, 15) is 9.59 Å². The molecule has 0 atom stereocenters. The maximum Gasteiger partial charge on any atom is 0.335 e. The number of aryl methyl sites for hydroxylation is 1. The molecule has 1 amide bonds. The first kappa shape index (κ1) is 19.1. The van der Waals surface area contributed by atoms with Gasteiger partial charge >= 0.3 is 5.97 Å². The third-order valence-corrected chi connectivity index (χ3v) is 4.64. The van der Waals surface area contributed by atoms with Gasteiger partial charge in [0.2, 0.25) is 0 Å². The molecule has 0 bridgehead atoms. The number of aromatic carboxylic acids is 1. The van der Waals surface area contributed by atoms with Gasteiger partial charge in [-0.2, -0.15) is 0 Å². The fourth-order valence-corrected chi connectivity index (χ4v) is 3.26. The number of carboxylic acid groups (broad SMARTS) is 1. The first-order chi connectivity index (χ1) is 12.8. The summed E-state index contributed by atoms with van der Waals surface area (Å²) in [7, 11) is 1.52. The van der Waals surface area contributed by atoms with Gasteiger partial charge in [-0.25, -0.2) is 4.79 Å². The quantitative estimate of drug-likeness (QED) is 0.601. The SMILES string of the molecule is CCc1cc2c(C(=O)Nc3c(Cl)cc(C(=O)O)cc3Cl)ccc(OC)c2o1. The number of carbonyl (C=O) groups excluding carboxylic acids is 1. The molecule has 1 aromatic heterocycles. The van der Waals surface area contributed by atoms with Crippen molar-refractivity contribution in [1.82, 2.24) is 0 Å². The van der Waals surface area contributed by atoms with Gasteiger partial charge in [0.1, 0.15) is 5.76 Å². The standard InChI is InChI=1S/C19H15Cl2NO5/c1-3-10-8-12-11(4-5-15(26-2)17(12)27-10)18(23)22-16-13(20)6-9(19(24)25)7-14(16)21/h4-8H,3H2,1-2H3,(H,22,23)(H,24,25). The number of amides is 1. The maximum atomic E-state index is 12.8. The highest BCUT2D eigenvalue weighted by Gasteiger charge is 2.20. The minimum Gasteiger partial charge on any atom is -0.493 e. The molecule has 3 rings (SSSR count). The molecule has 0 aliphatic rings. The number of halogens is 2. The van der Waals surface area contributed by atoms with E-state index in [1.54, 1.807) is 18.2 Å². The van der Waals surface area contributed by atoms with E-state index in [1.807, 2.05) is 6.92 Å². The molecule has 0 saturated heterocycles. The monoisotopic (exact) mass is 407 g/mol. The molecule has 0 aliphatic heterocycles. The number of carbonyl (C=O) groups is 2. The van der Waals surface area contributed by atoms with Crippen molar-refractivity contribution in [3.8, 4) is 5.75 Å². The third kappa shape index (κ3) is 3.59. The van der Waals surface area contributed by atoms with Gasteiger partial charge in [-0.1, -0.05) is 30.1 Å². The number of furan rings is 1. The molecule has 0 unspecified atom stereocenters. The zero-order valence-electron chi connectivity index (χ0n) is 14.4. The van der Waals surface area contributed by atoms with Gasteiger partial charge < -0.3 is 19.6 Å². The van der Waals surface area contributed by atoms with E-state index >= 15 is 0 Å². The van der Waals surface area contributed by atoms with Gasteiger partial charge in [0.15, 0.2) is 11.3 Å². The number of fused-ring (bicyclic) bond motifs is 1. The Morgan fingerprint density at radius 1 is 1.19 bits per heavy atom. The van der Waals surface area contributed by atoms with Gasteiger partial charge in [-0.3, -0.25) is 4.79 Å². The van der Waals surface area contributed by atoms with Gasteiger partial charge in [0.25, 0.3) is 5.91 Å². The highest BCUT2D eigenvalue weighted by Crippen LogP contribution is 2.35. The van der Waals surface area contributed by atoms with E-state index in [2.05, 4.69) is 5.32 Å². The zero-order valence-corrected chi connectivity index (χ0v) is 15.9. The Kier molecular flexibility index (Phi) is 5.30. The highest BCUT2D eigenvalue weighted by molar-refractivity contribution is 6.40. The van der Waals surface area contributed by atoms with Crippen molar-refractivity contribution >= 4 is 51.7 Å². The normalized spacial score (nSPS) is 10.8. The van der Waals surface area contributed by atoms with Gasteiger partial charge in [0, 0.05) is 11.8 Å². The summed E-state index contributed by atoms with van der Waals surface area (Å²) in [6, 6.07) is 7.48. The van der Waals surface area contributed by atoms with E-state index < -0.39 is 11.9 Å². The summed E-state index contributed by atoms with van der Waals surface area (Å²) in [6.45, 7) is 1.94. The van der Waals surface area contributed by atoms with Crippen LogP contribution in [0.5, 0.6) is 5.75 Å². The molecule has 0 radical (unpaired) electrons. The number of methoxy groups -OCH3 is 1. The molecule has 140 valence electrons. The second-order valence-electron chi connectivity index (χ2n) is 5.70. The first-order valence-electron chi connectivity index (χ1n) is 7.98. The number of rotatable bonds is 5. The van der Waals surface area contributed by atoms with E-state index in [1.165, 1.54) is 19.2 Å². The number of nitrogens with one attached hydrogen (secondary N) is 1. The number of ether oxygens (including phenoxy) is 1. The van der Waals surface area contributed by atoms with E-state index in [4.69, 9.17) is 37.5 Å².